The third-order valence-electron chi connectivity index (χ3n) is 3.32. The number of thiocarbonyl (C=S) groups is 1. The maximum Gasteiger partial charge on any atom is 0.327 e. The van der Waals surface area contributed by atoms with E-state index >= 15 is 0 Å². The molecule has 0 heterocycles. The molecule has 1 saturated carbocycles. The van der Waals surface area contributed by atoms with Crippen LogP contribution in [0.4, 0.5) is 0 Å². The first-order valence-electron chi connectivity index (χ1n) is 6.89. The SMILES string of the molecule is O=C(ONCC(=S)SCc1ccccc1)C1CCCC1. The molecule has 3 nitrogen and oxygen atoms in total. The summed E-state index contributed by atoms with van der Waals surface area (Å²) in [6.07, 6.45) is 4.16. The molecule has 108 valence electrons. The molecule has 0 unspecified atom stereocenters. The first-order valence-corrected chi connectivity index (χ1v) is 8.28. The smallest absolute Gasteiger partial charge is 0.327 e. The first kappa shape index (κ1) is 15.5. The number of benzene rings is 1. The standard InChI is InChI=1S/C15H19NO2S2/c17-15(13-8-4-5-9-13)18-16-10-14(19)20-11-12-6-2-1-3-7-12/h1-3,6-7,13,16H,4-5,8-11H2. The summed E-state index contributed by atoms with van der Waals surface area (Å²) in [6, 6.07) is 10.2. The molecule has 0 radical (unpaired) electrons. The normalized spacial score (nSPS) is 15.2. The zero-order chi connectivity index (χ0) is 14.2. The molecule has 5 heteroatoms. The number of thioether (sulfide) groups is 1. The molecule has 20 heavy (non-hydrogen) atoms. The molecule has 0 atom stereocenters. The number of carbonyl (C=O) groups excluding carboxylic acids is 1. The van der Waals surface area contributed by atoms with Gasteiger partial charge in [0.05, 0.1) is 16.7 Å². The summed E-state index contributed by atoms with van der Waals surface area (Å²) in [7, 11) is 0. The Morgan fingerprint density at radius 2 is 2.00 bits per heavy atom. The molecular formula is C15H19NO2S2. The van der Waals surface area contributed by atoms with Gasteiger partial charge in [-0.1, -0.05) is 55.4 Å². The summed E-state index contributed by atoms with van der Waals surface area (Å²) in [6.45, 7) is 0.422. The fourth-order valence-electron chi connectivity index (χ4n) is 2.20. The van der Waals surface area contributed by atoms with Gasteiger partial charge in [-0.25, -0.2) is 0 Å². The summed E-state index contributed by atoms with van der Waals surface area (Å²) < 4.78 is 0.799. The fraction of sp³-hybridized carbons (Fsp3) is 0.467. The highest BCUT2D eigenvalue weighted by Crippen LogP contribution is 2.25. The number of carbonyl (C=O) groups is 1. The van der Waals surface area contributed by atoms with Crippen LogP contribution in [0, 0.1) is 5.92 Å². The van der Waals surface area contributed by atoms with E-state index in [1.54, 1.807) is 11.8 Å². The van der Waals surface area contributed by atoms with Crippen LogP contribution in [0.5, 0.6) is 0 Å². The van der Waals surface area contributed by atoms with Crippen molar-refractivity contribution in [1.29, 1.82) is 0 Å². The van der Waals surface area contributed by atoms with Gasteiger partial charge in [0.1, 0.15) is 0 Å². The summed E-state index contributed by atoms with van der Waals surface area (Å²) in [5.41, 5.74) is 3.93. The van der Waals surface area contributed by atoms with Gasteiger partial charge in [-0.15, -0.1) is 17.2 Å². The lowest BCUT2D eigenvalue weighted by atomic mass is 10.1. The molecule has 0 spiro atoms. The van der Waals surface area contributed by atoms with Crippen molar-refractivity contribution < 1.29 is 9.63 Å². The molecular weight excluding hydrogens is 290 g/mol. The van der Waals surface area contributed by atoms with E-state index in [-0.39, 0.29) is 11.9 Å². The molecule has 1 N–H and O–H groups in total. The summed E-state index contributed by atoms with van der Waals surface area (Å²) in [5, 5.41) is 0. The zero-order valence-corrected chi connectivity index (χ0v) is 13.0. The van der Waals surface area contributed by atoms with E-state index in [1.807, 2.05) is 18.2 Å². The molecule has 1 aliphatic rings. The van der Waals surface area contributed by atoms with Gasteiger partial charge in [0.15, 0.2) is 0 Å². The van der Waals surface area contributed by atoms with E-state index in [0.29, 0.717) is 6.54 Å². The van der Waals surface area contributed by atoms with Gasteiger partial charge in [0, 0.05) is 5.75 Å². The van der Waals surface area contributed by atoms with Crippen LogP contribution in [0.2, 0.25) is 0 Å². The first-order chi connectivity index (χ1) is 9.75. The van der Waals surface area contributed by atoms with E-state index in [0.717, 1.165) is 35.6 Å². The molecule has 2 rings (SSSR count). The zero-order valence-electron chi connectivity index (χ0n) is 11.3. The molecule has 1 fully saturated rings. The molecule has 1 aromatic rings. The van der Waals surface area contributed by atoms with Crippen LogP contribution in [-0.4, -0.2) is 16.7 Å². The highest BCUT2D eigenvalue weighted by atomic mass is 32.2. The van der Waals surface area contributed by atoms with Crippen molar-refractivity contribution in [3.05, 3.63) is 35.9 Å². The van der Waals surface area contributed by atoms with Gasteiger partial charge in [-0.2, -0.15) is 0 Å². The average molecular weight is 309 g/mol. The van der Waals surface area contributed by atoms with Gasteiger partial charge in [0.2, 0.25) is 0 Å². The Morgan fingerprint density at radius 1 is 1.30 bits per heavy atom. The summed E-state index contributed by atoms with van der Waals surface area (Å²) in [4.78, 5) is 16.7. The maximum atomic E-state index is 11.7. The second-order valence-corrected chi connectivity index (χ2v) is 6.69. The Labute approximate surface area is 129 Å². The second-order valence-electron chi connectivity index (χ2n) is 4.87. The Balaban J connectivity index is 1.59. The topological polar surface area (TPSA) is 38.3 Å². The number of hydroxylamine groups is 1. The molecule has 0 amide bonds. The lowest BCUT2D eigenvalue weighted by Crippen LogP contribution is -2.27. The Hall–Kier alpha value is -0.910. The van der Waals surface area contributed by atoms with Gasteiger partial charge in [0.25, 0.3) is 0 Å². The van der Waals surface area contributed by atoms with E-state index in [4.69, 9.17) is 17.1 Å². The Bertz CT molecular complexity index is 444. The van der Waals surface area contributed by atoms with Gasteiger partial charge < -0.3 is 4.84 Å². The van der Waals surface area contributed by atoms with Crippen LogP contribution in [0.3, 0.4) is 0 Å². The number of hydrogen-bond donors (Lipinski definition) is 1. The summed E-state index contributed by atoms with van der Waals surface area (Å²) in [5.74, 6) is 0.782. The second kappa shape index (κ2) is 8.39. The van der Waals surface area contributed by atoms with Crippen molar-refractivity contribution in [2.75, 3.05) is 6.54 Å². The molecule has 1 aromatic carbocycles. The van der Waals surface area contributed by atoms with Gasteiger partial charge >= 0.3 is 5.97 Å². The largest absolute Gasteiger partial charge is 0.370 e. The fourth-order valence-corrected chi connectivity index (χ4v) is 3.12. The number of nitrogens with one attached hydrogen (secondary N) is 1. The molecule has 0 aliphatic heterocycles. The molecule has 0 saturated heterocycles. The van der Waals surface area contributed by atoms with Crippen molar-refractivity contribution in [1.82, 2.24) is 5.48 Å². The molecule has 0 bridgehead atoms. The molecule has 0 aromatic heterocycles. The monoisotopic (exact) mass is 309 g/mol. The highest BCUT2D eigenvalue weighted by molar-refractivity contribution is 8.22. The van der Waals surface area contributed by atoms with Crippen LogP contribution in [-0.2, 0) is 15.4 Å². The van der Waals surface area contributed by atoms with Crippen molar-refractivity contribution in [3.63, 3.8) is 0 Å². The van der Waals surface area contributed by atoms with Crippen molar-refractivity contribution in [2.45, 2.75) is 31.4 Å². The van der Waals surface area contributed by atoms with Gasteiger partial charge in [-0.3, -0.25) is 4.79 Å². The lowest BCUT2D eigenvalue weighted by molar-refractivity contribution is -0.155. The summed E-state index contributed by atoms with van der Waals surface area (Å²) >= 11 is 6.84. The minimum Gasteiger partial charge on any atom is -0.370 e. The van der Waals surface area contributed by atoms with E-state index in [9.17, 15) is 4.79 Å². The number of rotatable bonds is 6. The predicted molar refractivity (Wildman–Crippen MR) is 86.4 cm³/mol. The highest BCUT2D eigenvalue weighted by Gasteiger charge is 2.24. The van der Waals surface area contributed by atoms with Crippen LogP contribution in [0.1, 0.15) is 31.2 Å². The minimum atomic E-state index is -0.140. The van der Waals surface area contributed by atoms with Gasteiger partial charge in [-0.05, 0) is 18.4 Å². The van der Waals surface area contributed by atoms with E-state index in [2.05, 4.69) is 17.6 Å². The van der Waals surface area contributed by atoms with Crippen LogP contribution >= 0.6 is 24.0 Å². The Kier molecular flexibility index (Phi) is 6.50. The number of hydrogen-bond acceptors (Lipinski definition) is 5. The van der Waals surface area contributed by atoms with Crippen molar-refractivity contribution >= 4 is 34.1 Å². The average Bonchev–Trinajstić information content (AvgIpc) is 3.00. The Morgan fingerprint density at radius 3 is 2.70 bits per heavy atom. The molecule has 1 aliphatic carbocycles. The van der Waals surface area contributed by atoms with E-state index < -0.39 is 0 Å². The van der Waals surface area contributed by atoms with Crippen molar-refractivity contribution in [3.8, 4) is 0 Å². The quantitative estimate of drug-likeness (QED) is 0.643. The van der Waals surface area contributed by atoms with Crippen molar-refractivity contribution in [2.24, 2.45) is 5.92 Å². The third kappa shape index (κ3) is 5.23. The van der Waals surface area contributed by atoms with Crippen LogP contribution in [0.15, 0.2) is 30.3 Å². The predicted octanol–water partition coefficient (Wildman–Crippen LogP) is 3.49. The lowest BCUT2D eigenvalue weighted by Gasteiger charge is -2.10. The van der Waals surface area contributed by atoms with Crippen LogP contribution in [0.25, 0.3) is 0 Å². The van der Waals surface area contributed by atoms with E-state index in [1.165, 1.54) is 5.56 Å². The van der Waals surface area contributed by atoms with Crippen LogP contribution < -0.4 is 5.48 Å². The third-order valence-corrected chi connectivity index (χ3v) is 4.76. The minimum absolute atomic E-state index is 0.0769. The maximum absolute atomic E-state index is 11.7.